The molecule has 0 unspecified atom stereocenters. The molecule has 0 aromatic heterocycles. The Hall–Kier alpha value is -1.88. The van der Waals surface area contributed by atoms with E-state index in [-0.39, 0.29) is 24.8 Å². The van der Waals surface area contributed by atoms with Gasteiger partial charge in [0.2, 0.25) is 0 Å². The van der Waals surface area contributed by atoms with Crippen LogP contribution in [0.25, 0.3) is 10.8 Å². The van der Waals surface area contributed by atoms with Crippen molar-refractivity contribution >= 4 is 38.6 Å². The van der Waals surface area contributed by atoms with Crippen LogP contribution in [0.2, 0.25) is 0 Å². The molecule has 0 spiro atoms. The third-order valence-corrected chi connectivity index (χ3v) is 3.48. The smallest absolute Gasteiger partial charge is 0.307 e. The molecule has 21 heavy (non-hydrogen) atoms. The predicted octanol–water partition coefficient (Wildman–Crippen LogP) is 3.29. The molecule has 4 nitrogen and oxygen atoms in total. The first-order chi connectivity index (χ1) is 10.1. The van der Waals surface area contributed by atoms with Crippen LogP contribution in [-0.2, 0) is 9.53 Å². The second-order valence-electron chi connectivity index (χ2n) is 4.52. The zero-order valence-corrected chi connectivity index (χ0v) is 13.3. The van der Waals surface area contributed by atoms with Crippen molar-refractivity contribution in [2.24, 2.45) is 0 Å². The average molecular weight is 350 g/mol. The van der Waals surface area contributed by atoms with Gasteiger partial charge in [-0.3, -0.25) is 9.59 Å². The Bertz CT molecular complexity index is 670. The van der Waals surface area contributed by atoms with Gasteiger partial charge in [0, 0.05) is 16.6 Å². The van der Waals surface area contributed by atoms with Crippen LogP contribution in [-0.4, -0.2) is 25.0 Å². The van der Waals surface area contributed by atoms with Gasteiger partial charge in [0.15, 0.2) is 0 Å². The highest BCUT2D eigenvalue weighted by molar-refractivity contribution is 9.10. The number of amides is 1. The summed E-state index contributed by atoms with van der Waals surface area (Å²) in [5.41, 5.74) is 0.577. The third kappa shape index (κ3) is 4.29. The Morgan fingerprint density at radius 3 is 2.62 bits per heavy atom. The molecule has 0 atom stereocenters. The average Bonchev–Trinajstić information content (AvgIpc) is 2.46. The van der Waals surface area contributed by atoms with Gasteiger partial charge in [-0.1, -0.05) is 28.1 Å². The summed E-state index contributed by atoms with van der Waals surface area (Å²) in [6.45, 7) is 2.38. The van der Waals surface area contributed by atoms with Gasteiger partial charge in [-0.2, -0.15) is 0 Å². The van der Waals surface area contributed by atoms with Crippen LogP contribution in [0.15, 0.2) is 40.9 Å². The van der Waals surface area contributed by atoms with E-state index in [4.69, 9.17) is 4.74 Å². The van der Waals surface area contributed by atoms with Gasteiger partial charge in [0.25, 0.3) is 5.91 Å². The van der Waals surface area contributed by atoms with E-state index >= 15 is 0 Å². The lowest BCUT2D eigenvalue weighted by Crippen LogP contribution is -2.26. The van der Waals surface area contributed by atoms with E-state index in [9.17, 15) is 9.59 Å². The second-order valence-corrected chi connectivity index (χ2v) is 5.43. The minimum atomic E-state index is -0.304. The zero-order chi connectivity index (χ0) is 15.2. The van der Waals surface area contributed by atoms with Crippen molar-refractivity contribution < 1.29 is 14.3 Å². The molecule has 0 heterocycles. The molecule has 2 rings (SSSR count). The molecule has 0 radical (unpaired) electrons. The maximum absolute atomic E-state index is 12.0. The van der Waals surface area contributed by atoms with E-state index in [0.29, 0.717) is 12.2 Å². The van der Waals surface area contributed by atoms with E-state index < -0.39 is 0 Å². The van der Waals surface area contributed by atoms with Crippen LogP contribution < -0.4 is 5.32 Å². The topological polar surface area (TPSA) is 55.4 Å². The highest BCUT2D eigenvalue weighted by Gasteiger charge is 2.08. The molecule has 0 aliphatic rings. The monoisotopic (exact) mass is 349 g/mol. The minimum absolute atomic E-state index is 0.181. The van der Waals surface area contributed by atoms with Crippen LogP contribution in [0.1, 0.15) is 23.7 Å². The lowest BCUT2D eigenvalue weighted by Gasteiger charge is -2.06. The van der Waals surface area contributed by atoms with Crippen LogP contribution >= 0.6 is 15.9 Å². The Kier molecular flexibility index (Phi) is 5.33. The second kappa shape index (κ2) is 7.22. The first-order valence-electron chi connectivity index (χ1n) is 6.73. The summed E-state index contributed by atoms with van der Waals surface area (Å²) >= 11 is 3.42. The molecular weight excluding hydrogens is 334 g/mol. The fraction of sp³-hybridized carbons (Fsp3) is 0.250. The standard InChI is InChI=1S/C16H16BrNO3/c1-2-21-15(19)7-8-18-16(20)13-4-3-12-10-14(17)6-5-11(12)9-13/h3-6,9-10H,2,7-8H2,1H3,(H,18,20). The molecule has 110 valence electrons. The fourth-order valence-corrected chi connectivity index (χ4v) is 2.35. The number of benzene rings is 2. The van der Waals surface area contributed by atoms with E-state index in [1.165, 1.54) is 0 Å². The number of carbonyl (C=O) groups is 2. The molecule has 0 aliphatic carbocycles. The van der Waals surface area contributed by atoms with Crippen molar-refractivity contribution in [2.45, 2.75) is 13.3 Å². The highest BCUT2D eigenvalue weighted by Crippen LogP contribution is 2.20. The Morgan fingerprint density at radius 2 is 1.86 bits per heavy atom. The minimum Gasteiger partial charge on any atom is -0.466 e. The normalized spacial score (nSPS) is 10.4. The lowest BCUT2D eigenvalue weighted by molar-refractivity contribution is -0.142. The van der Waals surface area contributed by atoms with Crippen LogP contribution in [0.5, 0.6) is 0 Å². The van der Waals surface area contributed by atoms with Gasteiger partial charge in [0.05, 0.1) is 13.0 Å². The van der Waals surface area contributed by atoms with Crippen molar-refractivity contribution in [2.75, 3.05) is 13.2 Å². The molecule has 1 amide bonds. The molecule has 0 aliphatic heterocycles. The van der Waals surface area contributed by atoms with Gasteiger partial charge >= 0.3 is 5.97 Å². The van der Waals surface area contributed by atoms with Gasteiger partial charge in [0.1, 0.15) is 0 Å². The molecule has 0 bridgehead atoms. The predicted molar refractivity (Wildman–Crippen MR) is 85.2 cm³/mol. The van der Waals surface area contributed by atoms with Crippen LogP contribution in [0, 0.1) is 0 Å². The highest BCUT2D eigenvalue weighted by atomic mass is 79.9. The molecule has 5 heteroatoms. The number of hydrogen-bond donors (Lipinski definition) is 1. The summed E-state index contributed by atoms with van der Waals surface area (Å²) in [4.78, 5) is 23.2. The van der Waals surface area contributed by atoms with Crippen molar-refractivity contribution in [3.8, 4) is 0 Å². The maximum atomic E-state index is 12.0. The molecule has 0 saturated carbocycles. The van der Waals surface area contributed by atoms with E-state index in [2.05, 4.69) is 21.2 Å². The third-order valence-electron chi connectivity index (χ3n) is 2.98. The number of esters is 1. The number of fused-ring (bicyclic) bond motifs is 1. The summed E-state index contributed by atoms with van der Waals surface area (Å²) in [7, 11) is 0. The first-order valence-corrected chi connectivity index (χ1v) is 7.52. The van der Waals surface area contributed by atoms with E-state index in [0.717, 1.165) is 15.2 Å². The van der Waals surface area contributed by atoms with E-state index in [1.807, 2.05) is 30.3 Å². The Labute approximate surface area is 131 Å². The molecule has 0 fully saturated rings. The molecule has 0 saturated heterocycles. The van der Waals surface area contributed by atoms with Crippen molar-refractivity contribution in [1.29, 1.82) is 0 Å². The number of carbonyl (C=O) groups excluding carboxylic acids is 2. The summed E-state index contributed by atoms with van der Waals surface area (Å²) < 4.78 is 5.81. The van der Waals surface area contributed by atoms with Crippen molar-refractivity contribution in [3.05, 3.63) is 46.4 Å². The SMILES string of the molecule is CCOC(=O)CCNC(=O)c1ccc2cc(Br)ccc2c1. The van der Waals surface area contributed by atoms with Crippen LogP contribution in [0.3, 0.4) is 0 Å². The van der Waals surface area contributed by atoms with Gasteiger partial charge < -0.3 is 10.1 Å². The summed E-state index contributed by atoms with van der Waals surface area (Å²) in [6.07, 6.45) is 0.181. The van der Waals surface area contributed by atoms with Gasteiger partial charge in [-0.25, -0.2) is 0 Å². The van der Waals surface area contributed by atoms with E-state index in [1.54, 1.807) is 13.0 Å². The van der Waals surface area contributed by atoms with Gasteiger partial charge in [-0.05, 0) is 42.0 Å². The Morgan fingerprint density at radius 1 is 1.14 bits per heavy atom. The number of rotatable bonds is 5. The fourth-order valence-electron chi connectivity index (χ4n) is 1.97. The number of nitrogens with one attached hydrogen (secondary N) is 1. The molecular formula is C16H16BrNO3. The van der Waals surface area contributed by atoms with Crippen molar-refractivity contribution in [1.82, 2.24) is 5.32 Å². The quantitative estimate of drug-likeness (QED) is 0.842. The number of ether oxygens (including phenoxy) is 1. The zero-order valence-electron chi connectivity index (χ0n) is 11.7. The van der Waals surface area contributed by atoms with Gasteiger partial charge in [-0.15, -0.1) is 0 Å². The Balaban J connectivity index is 1.99. The summed E-state index contributed by atoms with van der Waals surface area (Å²) in [6, 6.07) is 11.4. The largest absolute Gasteiger partial charge is 0.466 e. The maximum Gasteiger partial charge on any atom is 0.307 e. The summed E-state index contributed by atoms with van der Waals surface area (Å²) in [5.74, 6) is -0.495. The van der Waals surface area contributed by atoms with Crippen LogP contribution in [0.4, 0.5) is 0 Å². The molecule has 2 aromatic rings. The first kappa shape index (κ1) is 15.5. The molecule has 2 aromatic carbocycles. The molecule has 1 N–H and O–H groups in total. The number of hydrogen-bond acceptors (Lipinski definition) is 3. The summed E-state index contributed by atoms with van der Waals surface area (Å²) in [5, 5.41) is 4.77. The lowest BCUT2D eigenvalue weighted by atomic mass is 10.1. The van der Waals surface area contributed by atoms with Crippen molar-refractivity contribution in [3.63, 3.8) is 0 Å². The number of halogens is 1.